The molecule has 8 heteroatoms. The number of methoxy groups -OCH3 is 1. The normalized spacial score (nSPS) is 10.4. The molecule has 0 aliphatic heterocycles. The highest BCUT2D eigenvalue weighted by Gasteiger charge is 2.16. The van der Waals surface area contributed by atoms with Crippen LogP contribution >= 0.6 is 11.8 Å². The lowest BCUT2D eigenvalue weighted by Gasteiger charge is -2.11. The van der Waals surface area contributed by atoms with E-state index in [0.717, 1.165) is 17.3 Å². The highest BCUT2D eigenvalue weighted by Crippen LogP contribution is 2.26. The number of Topliss-reactive ketones (excluding diaryl/α,β-unsaturated/α-hetero) is 1. The fraction of sp³-hybridized carbons (Fsp3) is 0.294. The lowest BCUT2D eigenvalue weighted by molar-refractivity contribution is -0.113. The van der Waals surface area contributed by atoms with Crippen LogP contribution in [0.2, 0.25) is 0 Å². The minimum atomic E-state index is -0.550. The number of ketones is 1. The monoisotopic (exact) mass is 361 g/mol. The zero-order valence-electron chi connectivity index (χ0n) is 14.4. The zero-order chi connectivity index (χ0) is 18.6. The number of hydrogen-bond acceptors (Lipinski definition) is 6. The van der Waals surface area contributed by atoms with Crippen LogP contribution in [0.4, 0.5) is 5.69 Å². The number of thioether (sulfide) groups is 1. The van der Waals surface area contributed by atoms with E-state index >= 15 is 0 Å². The van der Waals surface area contributed by atoms with Crippen LogP contribution in [0.3, 0.4) is 0 Å². The van der Waals surface area contributed by atoms with Gasteiger partial charge in [0.25, 0.3) is 0 Å². The molecule has 0 aliphatic carbocycles. The van der Waals surface area contributed by atoms with Gasteiger partial charge < -0.3 is 15.0 Å². The number of hydrogen-bond donors (Lipinski definition) is 2. The summed E-state index contributed by atoms with van der Waals surface area (Å²) in [4.78, 5) is 41.8. The van der Waals surface area contributed by atoms with Crippen molar-refractivity contribution in [3.8, 4) is 5.75 Å². The van der Waals surface area contributed by atoms with Gasteiger partial charge in [-0.3, -0.25) is 9.59 Å². The second kappa shape index (κ2) is 7.98. The van der Waals surface area contributed by atoms with Crippen molar-refractivity contribution in [2.24, 2.45) is 0 Å². The second-order valence-corrected chi connectivity index (χ2v) is 6.41. The summed E-state index contributed by atoms with van der Waals surface area (Å²) in [6.07, 6.45) is 0. The third kappa shape index (κ3) is 4.69. The van der Waals surface area contributed by atoms with E-state index in [4.69, 9.17) is 4.74 Å². The molecule has 132 valence electrons. The average Bonchev–Trinajstić information content (AvgIpc) is 2.52. The van der Waals surface area contributed by atoms with E-state index in [-0.39, 0.29) is 22.5 Å². The number of carbonyl (C=O) groups excluding carboxylic acids is 2. The summed E-state index contributed by atoms with van der Waals surface area (Å²) in [7, 11) is 1.52. The topological polar surface area (TPSA) is 101 Å². The summed E-state index contributed by atoms with van der Waals surface area (Å²) in [5.74, 6) is 0.0546. The Kier molecular flexibility index (Phi) is 5.97. The number of carbonyl (C=O) groups is 2. The smallest absolute Gasteiger partial charge is 0.346 e. The van der Waals surface area contributed by atoms with Gasteiger partial charge in [-0.25, -0.2) is 4.79 Å². The lowest BCUT2D eigenvalue weighted by atomic mass is 10.2. The first kappa shape index (κ1) is 18.7. The number of H-pyrrole nitrogens is 1. The van der Waals surface area contributed by atoms with Gasteiger partial charge >= 0.3 is 5.69 Å². The van der Waals surface area contributed by atoms with Gasteiger partial charge in [-0.1, -0.05) is 17.8 Å². The molecule has 0 saturated carbocycles. The molecule has 1 aromatic heterocycles. The Morgan fingerprint density at radius 3 is 2.68 bits per heavy atom. The van der Waals surface area contributed by atoms with E-state index in [2.05, 4.69) is 15.3 Å². The van der Waals surface area contributed by atoms with Crippen molar-refractivity contribution < 1.29 is 14.3 Å². The first-order valence-corrected chi connectivity index (χ1v) is 8.49. The maximum atomic E-state index is 12.2. The van der Waals surface area contributed by atoms with E-state index in [1.54, 1.807) is 19.1 Å². The zero-order valence-corrected chi connectivity index (χ0v) is 15.2. The highest BCUT2D eigenvalue weighted by molar-refractivity contribution is 8.00. The number of aromatic nitrogens is 2. The number of amides is 1. The number of nitrogens with zero attached hydrogens (tertiary/aromatic N) is 1. The minimum Gasteiger partial charge on any atom is -0.495 e. The molecular formula is C17H19N3O4S. The Hall–Kier alpha value is -2.61. The summed E-state index contributed by atoms with van der Waals surface area (Å²) in [5, 5.41) is 3.02. The Morgan fingerprint density at radius 2 is 2.04 bits per heavy atom. The van der Waals surface area contributed by atoms with Gasteiger partial charge in [0.05, 0.1) is 24.1 Å². The van der Waals surface area contributed by atoms with Crippen molar-refractivity contribution in [2.45, 2.75) is 25.8 Å². The number of ether oxygens (including phenoxy) is 1. The van der Waals surface area contributed by atoms with Crippen molar-refractivity contribution in [2.75, 3.05) is 18.2 Å². The maximum absolute atomic E-state index is 12.2. The van der Waals surface area contributed by atoms with Crippen LogP contribution in [-0.4, -0.2) is 34.5 Å². The Labute approximate surface area is 149 Å². The van der Waals surface area contributed by atoms with Gasteiger partial charge in [0.2, 0.25) is 5.91 Å². The molecule has 0 bridgehead atoms. The van der Waals surface area contributed by atoms with Gasteiger partial charge in [-0.2, -0.15) is 4.98 Å². The van der Waals surface area contributed by atoms with Crippen molar-refractivity contribution in [1.82, 2.24) is 9.97 Å². The average molecular weight is 361 g/mol. The molecule has 0 unspecified atom stereocenters. The largest absolute Gasteiger partial charge is 0.495 e. The third-order valence-corrected chi connectivity index (χ3v) is 4.38. The molecule has 25 heavy (non-hydrogen) atoms. The number of aromatic amines is 1. The number of aryl methyl sites for hydroxylation is 2. The number of anilines is 1. The molecule has 0 atom stereocenters. The summed E-state index contributed by atoms with van der Waals surface area (Å²) < 4.78 is 5.22. The van der Waals surface area contributed by atoms with Crippen LogP contribution in [0.25, 0.3) is 0 Å². The van der Waals surface area contributed by atoms with Crippen molar-refractivity contribution in [3.63, 3.8) is 0 Å². The van der Waals surface area contributed by atoms with Crippen LogP contribution in [0.1, 0.15) is 28.5 Å². The molecule has 2 rings (SSSR count). The highest BCUT2D eigenvalue weighted by atomic mass is 32.2. The molecule has 1 aromatic carbocycles. The molecule has 0 fully saturated rings. The molecule has 2 N–H and O–H groups in total. The summed E-state index contributed by atoms with van der Waals surface area (Å²) in [6, 6.07) is 5.46. The first-order chi connectivity index (χ1) is 11.8. The van der Waals surface area contributed by atoms with Gasteiger partial charge in [-0.05, 0) is 38.5 Å². The third-order valence-electron chi connectivity index (χ3n) is 3.41. The Bertz CT molecular complexity index is 877. The van der Waals surface area contributed by atoms with Gasteiger partial charge in [0.1, 0.15) is 10.8 Å². The number of nitrogens with one attached hydrogen (secondary N) is 2. The van der Waals surface area contributed by atoms with E-state index in [9.17, 15) is 14.4 Å². The van der Waals surface area contributed by atoms with E-state index in [0.29, 0.717) is 22.7 Å². The standard InChI is InChI=1S/C17H19N3O4S/c1-9-5-6-13(24-4)12(7-9)19-14(22)8-25-16-15(11(3)21)10(2)18-17(23)20-16/h5-7H,8H2,1-4H3,(H,19,22)(H,18,20,23). The predicted octanol–water partition coefficient (Wildman–Crippen LogP) is 2.33. The SMILES string of the molecule is COc1ccc(C)cc1NC(=O)CSc1nc(=O)[nH]c(C)c1C(C)=O. The number of benzene rings is 1. The van der Waals surface area contributed by atoms with Gasteiger partial charge in [-0.15, -0.1) is 0 Å². The van der Waals surface area contributed by atoms with Crippen molar-refractivity contribution >= 4 is 29.1 Å². The molecule has 0 radical (unpaired) electrons. The van der Waals surface area contributed by atoms with Gasteiger partial charge in [0.15, 0.2) is 5.78 Å². The molecule has 2 aromatic rings. The first-order valence-electron chi connectivity index (χ1n) is 7.51. The lowest BCUT2D eigenvalue weighted by Crippen LogP contribution is -2.19. The molecule has 1 heterocycles. The fourth-order valence-electron chi connectivity index (χ4n) is 2.32. The van der Waals surface area contributed by atoms with E-state index in [1.165, 1.54) is 14.0 Å². The Morgan fingerprint density at radius 1 is 1.32 bits per heavy atom. The van der Waals surface area contributed by atoms with Crippen LogP contribution < -0.4 is 15.7 Å². The van der Waals surface area contributed by atoms with E-state index < -0.39 is 5.69 Å². The van der Waals surface area contributed by atoms with Gasteiger partial charge in [0, 0.05) is 5.69 Å². The maximum Gasteiger partial charge on any atom is 0.346 e. The summed E-state index contributed by atoms with van der Waals surface area (Å²) in [6.45, 7) is 4.93. The molecular weight excluding hydrogens is 342 g/mol. The van der Waals surface area contributed by atoms with Crippen LogP contribution in [-0.2, 0) is 4.79 Å². The second-order valence-electron chi connectivity index (χ2n) is 5.44. The van der Waals surface area contributed by atoms with Crippen molar-refractivity contribution in [1.29, 1.82) is 0 Å². The van der Waals surface area contributed by atoms with Crippen LogP contribution in [0.5, 0.6) is 5.75 Å². The molecule has 0 spiro atoms. The molecule has 1 amide bonds. The van der Waals surface area contributed by atoms with Crippen LogP contribution in [0.15, 0.2) is 28.0 Å². The van der Waals surface area contributed by atoms with Crippen molar-refractivity contribution in [3.05, 3.63) is 45.5 Å². The quantitative estimate of drug-likeness (QED) is 0.465. The van der Waals surface area contributed by atoms with E-state index in [1.807, 2.05) is 13.0 Å². The summed E-state index contributed by atoms with van der Waals surface area (Å²) in [5.41, 5.74) is 1.76. The minimum absolute atomic E-state index is 0.00721. The molecule has 0 aliphatic rings. The predicted molar refractivity (Wildman–Crippen MR) is 96.7 cm³/mol. The number of rotatable bonds is 6. The Balaban J connectivity index is 2.15. The summed E-state index contributed by atoms with van der Waals surface area (Å²) >= 11 is 1.04. The fourth-order valence-corrected chi connectivity index (χ4v) is 3.25. The molecule has 7 nitrogen and oxygen atoms in total. The van der Waals surface area contributed by atoms with Crippen LogP contribution in [0, 0.1) is 13.8 Å². The molecule has 0 saturated heterocycles.